The van der Waals surface area contributed by atoms with Crippen LogP contribution >= 0.6 is 27.3 Å². The summed E-state index contributed by atoms with van der Waals surface area (Å²) in [6.07, 6.45) is 1.98. The molecule has 0 saturated heterocycles. The molecule has 8 heteroatoms. The molecule has 0 saturated carbocycles. The summed E-state index contributed by atoms with van der Waals surface area (Å²) >= 11 is 5.02. The van der Waals surface area contributed by atoms with Crippen molar-refractivity contribution >= 4 is 37.9 Å². The number of imidazole rings is 1. The zero-order valence-electron chi connectivity index (χ0n) is 13.1. The summed E-state index contributed by atoms with van der Waals surface area (Å²) in [5.74, 6) is 0.698. The quantitative estimate of drug-likeness (QED) is 0.436. The summed E-state index contributed by atoms with van der Waals surface area (Å²) in [5.41, 5.74) is 3.74. The van der Waals surface area contributed by atoms with Gasteiger partial charge in [0.2, 0.25) is 10.8 Å². The third-order valence-corrected chi connectivity index (χ3v) is 5.42. The van der Waals surface area contributed by atoms with Gasteiger partial charge in [0.05, 0.1) is 5.69 Å². The number of fused-ring (bicyclic) bond motifs is 2. The number of pyridine rings is 1. The highest BCUT2D eigenvalue weighted by molar-refractivity contribution is 9.10. The van der Waals surface area contributed by atoms with E-state index in [-0.39, 0.29) is 0 Å². The number of halogens is 1. The van der Waals surface area contributed by atoms with Gasteiger partial charge >= 0.3 is 0 Å². The Morgan fingerprint density at radius 1 is 1.08 bits per heavy atom. The molecule has 5 rings (SSSR count). The number of benzene rings is 1. The van der Waals surface area contributed by atoms with Crippen LogP contribution in [0.15, 0.2) is 53.1 Å². The first kappa shape index (κ1) is 14.7. The molecule has 0 aliphatic heterocycles. The van der Waals surface area contributed by atoms with Gasteiger partial charge in [-0.1, -0.05) is 45.5 Å². The Hall–Kier alpha value is -2.58. The van der Waals surface area contributed by atoms with E-state index in [1.54, 1.807) is 4.52 Å². The monoisotopic (exact) mass is 410 g/mol. The van der Waals surface area contributed by atoms with Crippen LogP contribution in [-0.4, -0.2) is 29.2 Å². The average molecular weight is 411 g/mol. The van der Waals surface area contributed by atoms with Crippen molar-refractivity contribution in [3.05, 3.63) is 58.8 Å². The van der Waals surface area contributed by atoms with Crippen LogP contribution in [0.3, 0.4) is 0 Å². The van der Waals surface area contributed by atoms with E-state index in [0.29, 0.717) is 5.82 Å². The van der Waals surface area contributed by atoms with E-state index >= 15 is 0 Å². The minimum absolute atomic E-state index is 0.698. The maximum atomic E-state index is 4.74. The molecule has 4 heterocycles. The van der Waals surface area contributed by atoms with Crippen molar-refractivity contribution in [2.75, 3.05) is 0 Å². The Labute approximate surface area is 154 Å². The van der Waals surface area contributed by atoms with Crippen LogP contribution in [0, 0.1) is 6.92 Å². The summed E-state index contributed by atoms with van der Waals surface area (Å²) in [4.78, 5) is 5.36. The van der Waals surface area contributed by atoms with Crippen LogP contribution in [0.1, 0.15) is 5.69 Å². The maximum Gasteiger partial charge on any atom is 0.235 e. The number of aryl methyl sites for hydroxylation is 1. The molecular weight excluding hydrogens is 400 g/mol. The maximum absolute atomic E-state index is 4.74. The lowest BCUT2D eigenvalue weighted by atomic mass is 10.2. The summed E-state index contributed by atoms with van der Waals surface area (Å²) < 4.78 is 4.84. The molecule has 0 spiro atoms. The molecule has 0 amide bonds. The third-order valence-electron chi connectivity index (χ3n) is 3.98. The second kappa shape index (κ2) is 5.47. The number of rotatable bonds is 2. The van der Waals surface area contributed by atoms with E-state index in [1.165, 1.54) is 11.3 Å². The van der Waals surface area contributed by atoms with Gasteiger partial charge in [-0.25, -0.2) is 4.98 Å². The van der Waals surface area contributed by atoms with Crippen LogP contribution in [0.25, 0.3) is 32.7 Å². The zero-order valence-corrected chi connectivity index (χ0v) is 15.5. The minimum atomic E-state index is 0.698. The lowest BCUT2D eigenvalue weighted by molar-refractivity contribution is 0.954. The molecule has 25 heavy (non-hydrogen) atoms. The highest BCUT2D eigenvalue weighted by Gasteiger charge is 2.20. The van der Waals surface area contributed by atoms with Gasteiger partial charge in [0, 0.05) is 16.2 Å². The fraction of sp³-hybridized carbons (Fsp3) is 0.0588. The Morgan fingerprint density at radius 3 is 2.88 bits per heavy atom. The normalized spacial score (nSPS) is 11.6. The van der Waals surface area contributed by atoms with Crippen molar-refractivity contribution in [3.63, 3.8) is 0 Å². The SMILES string of the molecule is Cc1nc2ccccn2c1-c1nnc2sc(-c3cccc(Br)c3)nn12. The van der Waals surface area contributed by atoms with Gasteiger partial charge in [0.15, 0.2) is 0 Å². The van der Waals surface area contributed by atoms with Gasteiger partial charge in [-0.15, -0.1) is 10.2 Å². The molecule has 0 atom stereocenters. The standard InChI is InChI=1S/C17H11BrN6S/c1-10-14(23-8-3-2-7-13(23)19-10)15-20-21-17-24(15)22-16(25-17)11-5-4-6-12(18)9-11/h2-9H,1H3. The van der Waals surface area contributed by atoms with Gasteiger partial charge in [0.1, 0.15) is 16.3 Å². The Morgan fingerprint density at radius 2 is 2.00 bits per heavy atom. The van der Waals surface area contributed by atoms with E-state index in [0.717, 1.165) is 37.0 Å². The first-order valence-corrected chi connectivity index (χ1v) is 9.24. The average Bonchev–Trinajstić information content (AvgIpc) is 3.26. The number of aromatic nitrogens is 6. The molecule has 1 aromatic carbocycles. The summed E-state index contributed by atoms with van der Waals surface area (Å²) in [6.45, 7) is 1.98. The van der Waals surface area contributed by atoms with Gasteiger partial charge in [-0.3, -0.25) is 4.40 Å². The molecule has 0 radical (unpaired) electrons. The van der Waals surface area contributed by atoms with Gasteiger partial charge in [0.25, 0.3) is 0 Å². The molecule has 122 valence electrons. The van der Waals surface area contributed by atoms with Crippen molar-refractivity contribution in [2.24, 2.45) is 0 Å². The van der Waals surface area contributed by atoms with E-state index in [9.17, 15) is 0 Å². The summed E-state index contributed by atoms with van der Waals surface area (Å²) in [7, 11) is 0. The van der Waals surface area contributed by atoms with Crippen molar-refractivity contribution in [2.45, 2.75) is 6.92 Å². The minimum Gasteiger partial charge on any atom is -0.297 e. The van der Waals surface area contributed by atoms with Crippen molar-refractivity contribution in [3.8, 4) is 22.1 Å². The molecule has 0 aliphatic carbocycles. The fourth-order valence-electron chi connectivity index (χ4n) is 2.89. The van der Waals surface area contributed by atoms with Crippen LogP contribution in [0.2, 0.25) is 0 Å². The van der Waals surface area contributed by atoms with Gasteiger partial charge in [-0.2, -0.15) is 9.61 Å². The summed E-state index contributed by atoms with van der Waals surface area (Å²) in [5, 5.41) is 14.3. The van der Waals surface area contributed by atoms with Crippen molar-refractivity contribution in [1.82, 2.24) is 29.2 Å². The molecule has 0 N–H and O–H groups in total. The highest BCUT2D eigenvalue weighted by atomic mass is 79.9. The molecule has 0 unspecified atom stereocenters. The predicted octanol–water partition coefficient (Wildman–Crippen LogP) is 4.24. The lowest BCUT2D eigenvalue weighted by Gasteiger charge is -1.99. The Kier molecular flexibility index (Phi) is 3.22. The molecular formula is C17H11BrN6S. The molecule has 4 aromatic heterocycles. The van der Waals surface area contributed by atoms with Crippen molar-refractivity contribution in [1.29, 1.82) is 0 Å². The van der Waals surface area contributed by atoms with Crippen LogP contribution in [-0.2, 0) is 0 Å². The smallest absolute Gasteiger partial charge is 0.235 e. The second-order valence-corrected chi connectivity index (χ2v) is 7.48. The highest BCUT2D eigenvalue weighted by Crippen LogP contribution is 2.30. The largest absolute Gasteiger partial charge is 0.297 e. The topological polar surface area (TPSA) is 60.4 Å². The molecule has 0 aliphatic rings. The fourth-order valence-corrected chi connectivity index (χ4v) is 4.12. The van der Waals surface area contributed by atoms with E-state index in [1.807, 2.05) is 60.0 Å². The van der Waals surface area contributed by atoms with Crippen LogP contribution in [0.4, 0.5) is 0 Å². The lowest BCUT2D eigenvalue weighted by Crippen LogP contribution is -1.96. The number of nitrogens with zero attached hydrogens (tertiary/aromatic N) is 6. The Bertz CT molecular complexity index is 1230. The van der Waals surface area contributed by atoms with Crippen LogP contribution in [0.5, 0.6) is 0 Å². The molecule has 6 nitrogen and oxygen atoms in total. The van der Waals surface area contributed by atoms with E-state index < -0.39 is 0 Å². The van der Waals surface area contributed by atoms with Gasteiger partial charge in [-0.05, 0) is 31.2 Å². The molecule has 0 fully saturated rings. The zero-order chi connectivity index (χ0) is 17.0. The van der Waals surface area contributed by atoms with Crippen LogP contribution < -0.4 is 0 Å². The number of hydrogen-bond acceptors (Lipinski definition) is 5. The van der Waals surface area contributed by atoms with E-state index in [2.05, 4.69) is 31.1 Å². The second-order valence-electron chi connectivity index (χ2n) is 5.61. The summed E-state index contributed by atoms with van der Waals surface area (Å²) in [6, 6.07) is 14.0. The molecule has 0 bridgehead atoms. The van der Waals surface area contributed by atoms with Gasteiger partial charge < -0.3 is 0 Å². The van der Waals surface area contributed by atoms with E-state index in [4.69, 9.17) is 5.10 Å². The third kappa shape index (κ3) is 2.29. The van der Waals surface area contributed by atoms with Crippen molar-refractivity contribution < 1.29 is 0 Å². The predicted molar refractivity (Wildman–Crippen MR) is 101 cm³/mol. The first-order chi connectivity index (χ1) is 12.2. The first-order valence-electron chi connectivity index (χ1n) is 7.63. The number of hydrogen-bond donors (Lipinski definition) is 0. The Balaban J connectivity index is 1.73. The molecule has 5 aromatic rings.